The Balaban J connectivity index is 1.55. The number of hydrogen-bond acceptors (Lipinski definition) is 4. The Morgan fingerprint density at radius 2 is 2.00 bits per heavy atom. The van der Waals surface area contributed by atoms with Gasteiger partial charge < -0.3 is 4.90 Å². The molecule has 3 aliphatic rings. The fourth-order valence-electron chi connectivity index (χ4n) is 3.20. The smallest absolute Gasteiger partial charge is 0.138 e. The van der Waals surface area contributed by atoms with Crippen molar-refractivity contribution in [1.29, 1.82) is 0 Å². The molecule has 1 unspecified atom stereocenters. The highest BCUT2D eigenvalue weighted by Gasteiger charge is 2.30. The van der Waals surface area contributed by atoms with Crippen molar-refractivity contribution in [3.05, 3.63) is 0 Å². The zero-order valence-corrected chi connectivity index (χ0v) is 13.3. The van der Waals surface area contributed by atoms with Crippen LogP contribution in [-0.4, -0.2) is 50.3 Å². The highest BCUT2D eigenvalue weighted by Crippen LogP contribution is 2.31. The van der Waals surface area contributed by atoms with Crippen LogP contribution in [0.1, 0.15) is 38.5 Å². The quantitative estimate of drug-likeness (QED) is 0.735. The van der Waals surface area contributed by atoms with Crippen molar-refractivity contribution in [3.8, 4) is 0 Å². The molecule has 18 heavy (non-hydrogen) atoms. The van der Waals surface area contributed by atoms with Gasteiger partial charge in [-0.15, -0.1) is 0 Å². The summed E-state index contributed by atoms with van der Waals surface area (Å²) < 4.78 is 1.14. The van der Waals surface area contributed by atoms with Gasteiger partial charge in [0.15, 0.2) is 0 Å². The van der Waals surface area contributed by atoms with E-state index in [1.165, 1.54) is 50.8 Å². The molecule has 3 fully saturated rings. The Hall–Kier alpha value is 0.550. The lowest BCUT2D eigenvalue weighted by atomic mass is 10.2. The molecule has 0 amide bonds. The number of hydrogen-bond donors (Lipinski definition) is 0. The van der Waals surface area contributed by atoms with E-state index in [0.29, 0.717) is 0 Å². The van der Waals surface area contributed by atoms with Gasteiger partial charge in [0.25, 0.3) is 0 Å². The van der Waals surface area contributed by atoms with Crippen LogP contribution in [0.2, 0.25) is 0 Å². The summed E-state index contributed by atoms with van der Waals surface area (Å²) in [5, 5.41) is 0.826. The first-order valence-electron chi connectivity index (χ1n) is 7.10. The van der Waals surface area contributed by atoms with E-state index >= 15 is 0 Å². The minimum Gasteiger partial charge on any atom is -0.343 e. The van der Waals surface area contributed by atoms with Crippen molar-refractivity contribution in [2.45, 2.75) is 49.8 Å². The lowest BCUT2D eigenvalue weighted by Gasteiger charge is -2.40. The van der Waals surface area contributed by atoms with Crippen LogP contribution >= 0.6 is 35.7 Å². The molecule has 2 saturated heterocycles. The van der Waals surface area contributed by atoms with E-state index < -0.39 is 0 Å². The van der Waals surface area contributed by atoms with Crippen molar-refractivity contribution < 1.29 is 0 Å². The van der Waals surface area contributed by atoms with Gasteiger partial charge in [0, 0.05) is 17.8 Å². The Labute approximate surface area is 124 Å². The van der Waals surface area contributed by atoms with Crippen molar-refractivity contribution in [2.75, 3.05) is 24.8 Å². The first-order chi connectivity index (χ1) is 8.83. The van der Waals surface area contributed by atoms with Gasteiger partial charge in [0.1, 0.15) is 4.32 Å². The van der Waals surface area contributed by atoms with Crippen LogP contribution in [0.15, 0.2) is 0 Å². The maximum Gasteiger partial charge on any atom is 0.138 e. The molecule has 5 heteroatoms. The molecule has 0 aromatic rings. The van der Waals surface area contributed by atoms with E-state index in [-0.39, 0.29) is 0 Å². The number of rotatable bonds is 3. The van der Waals surface area contributed by atoms with Crippen LogP contribution in [0.5, 0.6) is 0 Å². The molecule has 0 N–H and O–H groups in total. The predicted octanol–water partition coefficient (Wildman–Crippen LogP) is 3.38. The van der Waals surface area contributed by atoms with Gasteiger partial charge in [-0.1, -0.05) is 36.8 Å². The number of thioether (sulfide) groups is 2. The van der Waals surface area contributed by atoms with Crippen molar-refractivity contribution in [1.82, 2.24) is 9.80 Å². The van der Waals surface area contributed by atoms with Gasteiger partial charge in [0.2, 0.25) is 0 Å². The second-order valence-electron chi connectivity index (χ2n) is 5.57. The van der Waals surface area contributed by atoms with E-state index in [1.807, 2.05) is 11.8 Å². The van der Waals surface area contributed by atoms with E-state index in [0.717, 1.165) is 28.2 Å². The van der Waals surface area contributed by atoms with Gasteiger partial charge in [-0.05, 0) is 31.4 Å². The molecule has 1 atom stereocenters. The van der Waals surface area contributed by atoms with E-state index in [9.17, 15) is 0 Å². The third kappa shape index (κ3) is 3.17. The molecule has 3 rings (SSSR count). The fourth-order valence-corrected chi connectivity index (χ4v) is 5.66. The van der Waals surface area contributed by atoms with Gasteiger partial charge in [-0.25, -0.2) is 0 Å². The Morgan fingerprint density at radius 3 is 2.72 bits per heavy atom. The maximum atomic E-state index is 5.54. The van der Waals surface area contributed by atoms with E-state index in [2.05, 4.69) is 21.6 Å². The van der Waals surface area contributed by atoms with E-state index in [4.69, 9.17) is 12.2 Å². The number of thiocarbonyl (C=S) groups is 1. The SMILES string of the molecule is S=C1SCN(C2CCCC2)CN1CC1CCCS1. The molecule has 0 bridgehead atoms. The zero-order valence-electron chi connectivity index (χ0n) is 10.8. The normalized spacial score (nSPS) is 31.4. The van der Waals surface area contributed by atoms with Crippen LogP contribution in [0.3, 0.4) is 0 Å². The third-order valence-corrected chi connectivity index (χ3v) is 7.21. The summed E-state index contributed by atoms with van der Waals surface area (Å²) in [6.45, 7) is 2.27. The second-order valence-corrected chi connectivity index (χ2v) is 8.55. The summed E-state index contributed by atoms with van der Waals surface area (Å²) in [5.74, 6) is 2.47. The molecule has 0 aromatic carbocycles. The molecule has 2 nitrogen and oxygen atoms in total. The summed E-state index contributed by atoms with van der Waals surface area (Å²) in [7, 11) is 0. The van der Waals surface area contributed by atoms with Crippen LogP contribution in [0.4, 0.5) is 0 Å². The lowest BCUT2D eigenvalue weighted by Crippen LogP contribution is -2.49. The number of nitrogens with zero attached hydrogens (tertiary/aromatic N) is 2. The van der Waals surface area contributed by atoms with Crippen LogP contribution in [0.25, 0.3) is 0 Å². The van der Waals surface area contributed by atoms with Crippen LogP contribution in [0, 0.1) is 0 Å². The molecule has 102 valence electrons. The van der Waals surface area contributed by atoms with Crippen LogP contribution < -0.4 is 0 Å². The molecule has 2 heterocycles. The topological polar surface area (TPSA) is 6.48 Å². The average Bonchev–Trinajstić information content (AvgIpc) is 3.04. The third-order valence-electron chi connectivity index (χ3n) is 4.25. The van der Waals surface area contributed by atoms with Crippen molar-refractivity contribution in [3.63, 3.8) is 0 Å². The predicted molar refractivity (Wildman–Crippen MR) is 86.2 cm³/mol. The molecule has 0 aromatic heterocycles. The summed E-state index contributed by atoms with van der Waals surface area (Å²) in [6.07, 6.45) is 8.44. The van der Waals surface area contributed by atoms with Crippen molar-refractivity contribution in [2.24, 2.45) is 0 Å². The minimum absolute atomic E-state index is 0.826. The summed E-state index contributed by atoms with van der Waals surface area (Å²) >= 11 is 9.56. The molecule has 2 aliphatic heterocycles. The highest BCUT2D eigenvalue weighted by atomic mass is 32.2. The zero-order chi connectivity index (χ0) is 12.4. The Kier molecular flexibility index (Phi) is 4.76. The van der Waals surface area contributed by atoms with Gasteiger partial charge in [-0.3, -0.25) is 4.90 Å². The molecule has 1 saturated carbocycles. The first kappa shape index (κ1) is 13.5. The average molecular weight is 303 g/mol. The Morgan fingerprint density at radius 1 is 1.17 bits per heavy atom. The summed E-state index contributed by atoms with van der Waals surface area (Å²) in [6, 6.07) is 0.833. The summed E-state index contributed by atoms with van der Waals surface area (Å²) in [4.78, 5) is 5.12. The maximum absolute atomic E-state index is 5.54. The van der Waals surface area contributed by atoms with Crippen LogP contribution in [-0.2, 0) is 0 Å². The molecular weight excluding hydrogens is 280 g/mol. The van der Waals surface area contributed by atoms with Crippen molar-refractivity contribution >= 4 is 40.1 Å². The molecule has 1 aliphatic carbocycles. The molecule has 0 spiro atoms. The monoisotopic (exact) mass is 302 g/mol. The van der Waals surface area contributed by atoms with E-state index in [1.54, 1.807) is 0 Å². The largest absolute Gasteiger partial charge is 0.343 e. The standard InChI is InChI=1S/C13H22N2S3/c16-13-14(8-12-6-3-7-17-12)9-15(10-18-13)11-4-1-2-5-11/h11-12H,1-10H2. The van der Waals surface area contributed by atoms with Gasteiger partial charge >= 0.3 is 0 Å². The summed E-state index contributed by atoms with van der Waals surface area (Å²) in [5.41, 5.74) is 0. The molecular formula is C13H22N2S3. The molecule has 0 radical (unpaired) electrons. The minimum atomic E-state index is 0.826. The second kappa shape index (κ2) is 6.33. The highest BCUT2D eigenvalue weighted by molar-refractivity contribution is 8.22. The lowest BCUT2D eigenvalue weighted by molar-refractivity contribution is 0.158. The van der Waals surface area contributed by atoms with Gasteiger partial charge in [0.05, 0.1) is 12.5 Å². The van der Waals surface area contributed by atoms with Gasteiger partial charge in [-0.2, -0.15) is 11.8 Å². The first-order valence-corrected chi connectivity index (χ1v) is 9.54. The fraction of sp³-hybridized carbons (Fsp3) is 0.923. The Bertz CT molecular complexity index is 299.